The van der Waals surface area contributed by atoms with Crippen molar-refractivity contribution in [3.63, 3.8) is 0 Å². The molecular weight excluding hydrogens is 278 g/mol. The van der Waals surface area contributed by atoms with E-state index in [1.165, 1.54) is 12.0 Å². The fraction of sp³-hybridized carbons (Fsp3) is 0.308. The number of hydrogen-bond donors (Lipinski definition) is 1. The monoisotopic (exact) mass is 291 g/mol. The molecule has 17 heavy (non-hydrogen) atoms. The van der Waals surface area contributed by atoms with Crippen LogP contribution in [0.1, 0.15) is 17.9 Å². The number of benzene rings is 1. The van der Waals surface area contributed by atoms with E-state index in [0.717, 1.165) is 23.2 Å². The van der Waals surface area contributed by atoms with Gasteiger partial charge in [-0.05, 0) is 46.6 Å². The van der Waals surface area contributed by atoms with Crippen LogP contribution >= 0.6 is 15.9 Å². The second-order valence-electron chi connectivity index (χ2n) is 4.36. The van der Waals surface area contributed by atoms with Gasteiger partial charge in [0.2, 0.25) is 0 Å². The zero-order valence-electron chi connectivity index (χ0n) is 9.44. The molecule has 0 aliphatic carbocycles. The lowest BCUT2D eigenvalue weighted by Crippen LogP contribution is -2.07. The molecule has 3 rings (SSSR count). The lowest BCUT2D eigenvalue weighted by molar-refractivity contribution is 0.762. The number of hydrogen-bond acceptors (Lipinski definition) is 2. The van der Waals surface area contributed by atoms with Gasteiger partial charge in [-0.3, -0.25) is 0 Å². The fourth-order valence-corrected chi connectivity index (χ4v) is 2.72. The summed E-state index contributed by atoms with van der Waals surface area (Å²) in [6.45, 7) is 2.19. The summed E-state index contributed by atoms with van der Waals surface area (Å²) in [5.41, 5.74) is 2.41. The molecule has 0 amide bonds. The zero-order valence-corrected chi connectivity index (χ0v) is 11.0. The molecule has 0 bridgehead atoms. The molecule has 1 aromatic carbocycles. The molecule has 1 aromatic heterocycles. The average molecular weight is 292 g/mol. The van der Waals surface area contributed by atoms with Crippen LogP contribution in [-0.2, 0) is 0 Å². The topological polar surface area (TPSA) is 29.9 Å². The Hall–Kier alpha value is -1.13. The second kappa shape index (κ2) is 4.63. The Kier molecular flexibility index (Phi) is 2.99. The van der Waals surface area contributed by atoms with Crippen LogP contribution in [0, 0.1) is 0 Å². The molecule has 0 saturated carbocycles. The summed E-state index contributed by atoms with van der Waals surface area (Å²) in [6, 6.07) is 8.14. The van der Waals surface area contributed by atoms with E-state index in [9.17, 15) is 0 Å². The molecule has 0 spiro atoms. The molecule has 1 aliphatic rings. The molecule has 2 heterocycles. The predicted molar refractivity (Wildman–Crippen MR) is 71.5 cm³/mol. The minimum atomic E-state index is 0.617. The number of rotatable bonds is 2. The van der Waals surface area contributed by atoms with E-state index in [1.54, 1.807) is 0 Å². The zero-order chi connectivity index (χ0) is 11.7. The minimum absolute atomic E-state index is 0.617. The second-order valence-corrected chi connectivity index (χ2v) is 5.21. The molecule has 3 nitrogen and oxygen atoms in total. The molecular formula is C13H14BrN3. The lowest BCUT2D eigenvalue weighted by Gasteiger charge is -2.05. The van der Waals surface area contributed by atoms with Crippen LogP contribution in [0.4, 0.5) is 0 Å². The molecule has 1 saturated heterocycles. The fourth-order valence-electron chi connectivity index (χ4n) is 2.26. The summed E-state index contributed by atoms with van der Waals surface area (Å²) in [6.07, 6.45) is 5.33. The molecule has 4 heteroatoms. The van der Waals surface area contributed by atoms with E-state index < -0.39 is 0 Å². The third-order valence-electron chi connectivity index (χ3n) is 3.23. The average Bonchev–Trinajstić information content (AvgIpc) is 3.00. The van der Waals surface area contributed by atoms with Gasteiger partial charge in [0, 0.05) is 23.1 Å². The molecule has 1 aliphatic heterocycles. The summed E-state index contributed by atoms with van der Waals surface area (Å²) in [4.78, 5) is 0. The Bertz CT molecular complexity index is 515. The number of aromatic nitrogens is 2. The first kappa shape index (κ1) is 11.0. The smallest absolute Gasteiger partial charge is 0.0787 e. The summed E-state index contributed by atoms with van der Waals surface area (Å²) in [7, 11) is 0. The van der Waals surface area contributed by atoms with E-state index in [0.29, 0.717) is 5.92 Å². The van der Waals surface area contributed by atoms with Crippen molar-refractivity contribution in [2.45, 2.75) is 12.3 Å². The van der Waals surface area contributed by atoms with Crippen molar-refractivity contribution in [2.75, 3.05) is 13.1 Å². The number of nitrogens with zero attached hydrogens (tertiary/aromatic N) is 2. The normalized spacial score (nSPS) is 19.7. The van der Waals surface area contributed by atoms with Crippen LogP contribution in [0.3, 0.4) is 0 Å². The maximum atomic E-state index is 4.45. The Balaban J connectivity index is 1.92. The molecule has 1 N–H and O–H groups in total. The third-order valence-corrected chi connectivity index (χ3v) is 3.90. The van der Waals surface area contributed by atoms with E-state index in [-0.39, 0.29) is 0 Å². The van der Waals surface area contributed by atoms with Crippen LogP contribution < -0.4 is 5.32 Å². The summed E-state index contributed by atoms with van der Waals surface area (Å²) >= 11 is 3.55. The Labute approximate surface area is 109 Å². The molecule has 88 valence electrons. The Morgan fingerprint density at radius 1 is 1.35 bits per heavy atom. The number of nitrogens with one attached hydrogen (secondary N) is 1. The van der Waals surface area contributed by atoms with Crippen molar-refractivity contribution in [1.29, 1.82) is 0 Å². The highest BCUT2D eigenvalue weighted by atomic mass is 79.9. The molecule has 0 radical (unpaired) electrons. The first-order valence-electron chi connectivity index (χ1n) is 5.85. The van der Waals surface area contributed by atoms with Crippen LogP contribution in [0.15, 0.2) is 41.1 Å². The maximum absolute atomic E-state index is 4.45. The van der Waals surface area contributed by atoms with E-state index in [4.69, 9.17) is 0 Å². The highest BCUT2D eigenvalue weighted by Crippen LogP contribution is 2.25. The van der Waals surface area contributed by atoms with Crippen molar-refractivity contribution in [3.8, 4) is 5.69 Å². The van der Waals surface area contributed by atoms with E-state index in [2.05, 4.69) is 38.6 Å². The highest BCUT2D eigenvalue weighted by molar-refractivity contribution is 9.10. The van der Waals surface area contributed by atoms with Gasteiger partial charge in [0.1, 0.15) is 0 Å². The van der Waals surface area contributed by atoms with Gasteiger partial charge in [0.25, 0.3) is 0 Å². The number of halogens is 1. The van der Waals surface area contributed by atoms with E-state index >= 15 is 0 Å². The van der Waals surface area contributed by atoms with Gasteiger partial charge in [0.05, 0.1) is 11.9 Å². The van der Waals surface area contributed by atoms with Crippen LogP contribution in [0.5, 0.6) is 0 Å². The SMILES string of the molecule is Brc1ccccc1-n1cc(C2CCNC2)cn1. The quantitative estimate of drug-likeness (QED) is 0.922. The Morgan fingerprint density at radius 3 is 3.00 bits per heavy atom. The van der Waals surface area contributed by atoms with Crippen molar-refractivity contribution < 1.29 is 0 Å². The summed E-state index contributed by atoms with van der Waals surface area (Å²) < 4.78 is 3.01. The van der Waals surface area contributed by atoms with Crippen LogP contribution in [0.2, 0.25) is 0 Å². The standard InChI is InChI=1S/C13H14BrN3/c14-12-3-1-2-4-13(12)17-9-11(8-16-17)10-5-6-15-7-10/h1-4,8-10,15H,5-7H2. The summed E-state index contributed by atoms with van der Waals surface area (Å²) in [5, 5.41) is 7.84. The van der Waals surface area contributed by atoms with Crippen molar-refractivity contribution >= 4 is 15.9 Å². The van der Waals surface area contributed by atoms with Gasteiger partial charge < -0.3 is 5.32 Å². The van der Waals surface area contributed by atoms with Crippen molar-refractivity contribution in [1.82, 2.24) is 15.1 Å². The first-order chi connectivity index (χ1) is 8.34. The van der Waals surface area contributed by atoms with Crippen molar-refractivity contribution in [2.24, 2.45) is 0 Å². The van der Waals surface area contributed by atoms with Gasteiger partial charge in [-0.1, -0.05) is 12.1 Å². The third kappa shape index (κ3) is 2.15. The van der Waals surface area contributed by atoms with Gasteiger partial charge in [-0.15, -0.1) is 0 Å². The van der Waals surface area contributed by atoms with Gasteiger partial charge in [0.15, 0.2) is 0 Å². The van der Waals surface area contributed by atoms with Gasteiger partial charge >= 0.3 is 0 Å². The number of para-hydroxylation sites is 1. The van der Waals surface area contributed by atoms with Crippen LogP contribution in [0.25, 0.3) is 5.69 Å². The Morgan fingerprint density at radius 2 is 2.24 bits per heavy atom. The minimum Gasteiger partial charge on any atom is -0.316 e. The largest absolute Gasteiger partial charge is 0.316 e. The first-order valence-corrected chi connectivity index (χ1v) is 6.64. The maximum Gasteiger partial charge on any atom is 0.0787 e. The highest BCUT2D eigenvalue weighted by Gasteiger charge is 2.18. The predicted octanol–water partition coefficient (Wildman–Crippen LogP) is 2.71. The summed E-state index contributed by atoms with van der Waals surface area (Å²) in [5.74, 6) is 0.617. The molecule has 2 aromatic rings. The molecule has 1 fully saturated rings. The molecule has 1 unspecified atom stereocenters. The lowest BCUT2D eigenvalue weighted by atomic mass is 10.0. The van der Waals surface area contributed by atoms with E-state index in [1.807, 2.05) is 29.1 Å². The van der Waals surface area contributed by atoms with Crippen LogP contribution in [-0.4, -0.2) is 22.9 Å². The van der Waals surface area contributed by atoms with Gasteiger partial charge in [-0.25, -0.2) is 4.68 Å². The van der Waals surface area contributed by atoms with Gasteiger partial charge in [-0.2, -0.15) is 5.10 Å². The molecule has 1 atom stereocenters. The van der Waals surface area contributed by atoms with Crippen molar-refractivity contribution in [3.05, 3.63) is 46.7 Å².